The predicted molar refractivity (Wildman–Crippen MR) is 133 cm³/mol. The molecule has 0 bridgehead atoms. The van der Waals surface area contributed by atoms with Crippen LogP contribution in [0.2, 0.25) is 0 Å². The molecule has 2 aromatic heterocycles. The first-order valence-corrected chi connectivity index (χ1v) is 12.4. The van der Waals surface area contributed by atoms with E-state index in [4.69, 9.17) is 9.47 Å². The van der Waals surface area contributed by atoms with Crippen LogP contribution in [0.15, 0.2) is 36.5 Å². The lowest BCUT2D eigenvalue weighted by Gasteiger charge is -2.33. The van der Waals surface area contributed by atoms with Crippen LogP contribution in [0.1, 0.15) is 18.4 Å². The number of likely N-dealkylation sites (tertiary alicyclic amines) is 1. The van der Waals surface area contributed by atoms with Gasteiger partial charge in [0.15, 0.2) is 12.3 Å². The number of hydrogen-bond acceptors (Lipinski definition) is 8. The molecule has 0 aliphatic carbocycles. The summed E-state index contributed by atoms with van der Waals surface area (Å²) >= 11 is 0. The minimum Gasteiger partial charge on any atom is -0.481 e. The maximum absolute atomic E-state index is 13.3. The van der Waals surface area contributed by atoms with Crippen molar-refractivity contribution >= 4 is 34.8 Å². The van der Waals surface area contributed by atoms with Crippen LogP contribution < -0.4 is 20.3 Å². The number of rotatable bonds is 5. The summed E-state index contributed by atoms with van der Waals surface area (Å²) in [4.78, 5) is 34.0. The molecule has 3 aliphatic heterocycles. The number of hydrogen-bond donors (Lipinski definition) is 2. The third-order valence-corrected chi connectivity index (χ3v) is 6.92. The Bertz CT molecular complexity index is 1290. The van der Waals surface area contributed by atoms with Gasteiger partial charge in [-0.05, 0) is 25.5 Å². The van der Waals surface area contributed by atoms with E-state index in [1.807, 2.05) is 30.3 Å². The number of carbonyl (C=O) groups is 2. The fraction of sp³-hybridized carbons (Fsp3) is 0.440. The minimum atomic E-state index is -0.145. The quantitative estimate of drug-likeness (QED) is 0.555. The molecule has 0 spiro atoms. The van der Waals surface area contributed by atoms with Gasteiger partial charge < -0.3 is 25.0 Å². The van der Waals surface area contributed by atoms with Crippen molar-refractivity contribution in [2.75, 3.05) is 61.5 Å². The highest BCUT2D eigenvalue weighted by molar-refractivity contribution is 5.95. The van der Waals surface area contributed by atoms with Gasteiger partial charge in [0.1, 0.15) is 17.4 Å². The summed E-state index contributed by atoms with van der Waals surface area (Å²) in [6, 6.07) is 9.51. The molecule has 2 saturated heterocycles. The summed E-state index contributed by atoms with van der Waals surface area (Å²) in [7, 11) is 0. The normalized spacial score (nSPS) is 20.5. The van der Waals surface area contributed by atoms with Crippen molar-refractivity contribution in [3.05, 3.63) is 42.1 Å². The monoisotopic (exact) mass is 491 g/mol. The summed E-state index contributed by atoms with van der Waals surface area (Å²) in [6.07, 6.45) is 3.47. The number of ether oxygens (including phenoxy) is 2. The highest BCUT2D eigenvalue weighted by Crippen LogP contribution is 2.33. The van der Waals surface area contributed by atoms with E-state index in [-0.39, 0.29) is 24.3 Å². The molecular formula is C25H29N7O4. The van der Waals surface area contributed by atoms with E-state index in [1.165, 1.54) is 0 Å². The second kappa shape index (κ2) is 9.75. The van der Waals surface area contributed by atoms with Gasteiger partial charge in [-0.15, -0.1) is 0 Å². The maximum Gasteiger partial charge on any atom is 0.262 e. The van der Waals surface area contributed by atoms with Gasteiger partial charge >= 0.3 is 0 Å². The molecule has 1 atom stereocenters. The average Bonchev–Trinajstić information content (AvgIpc) is 3.37. The average molecular weight is 492 g/mol. The number of morpholine rings is 1. The van der Waals surface area contributed by atoms with E-state index in [9.17, 15) is 9.59 Å². The third kappa shape index (κ3) is 4.59. The summed E-state index contributed by atoms with van der Waals surface area (Å²) < 4.78 is 13.0. The fourth-order valence-corrected chi connectivity index (χ4v) is 5.16. The van der Waals surface area contributed by atoms with Crippen molar-refractivity contribution in [1.29, 1.82) is 0 Å². The molecule has 11 heteroatoms. The number of benzene rings is 1. The highest BCUT2D eigenvalue weighted by atomic mass is 16.5. The number of nitrogens with one attached hydrogen (secondary N) is 2. The molecule has 3 aromatic rings. The number of carbonyl (C=O) groups excluding carboxylic acids is 2. The lowest BCUT2D eigenvalue weighted by Crippen LogP contribution is -2.40. The van der Waals surface area contributed by atoms with Gasteiger partial charge in [-0.25, -0.2) is 4.98 Å². The number of amides is 2. The molecule has 2 N–H and O–H groups in total. The topological polar surface area (TPSA) is 113 Å². The molecule has 1 aromatic carbocycles. The van der Waals surface area contributed by atoms with Crippen molar-refractivity contribution in [3.63, 3.8) is 0 Å². The zero-order valence-corrected chi connectivity index (χ0v) is 20.0. The lowest BCUT2D eigenvalue weighted by molar-refractivity contribution is -0.121. The Hall–Kier alpha value is -3.70. The summed E-state index contributed by atoms with van der Waals surface area (Å²) in [6.45, 7) is 5.08. The third-order valence-electron chi connectivity index (χ3n) is 6.92. The van der Waals surface area contributed by atoms with E-state index in [1.54, 1.807) is 10.7 Å². The Morgan fingerprint density at radius 1 is 1.19 bits per heavy atom. The lowest BCUT2D eigenvalue weighted by atomic mass is 9.96. The Balaban J connectivity index is 1.15. The molecule has 0 radical (unpaired) electrons. The number of nitrogens with zero attached hydrogens (tertiary/aromatic N) is 5. The standard InChI is InChI=1S/C25H29N7O4/c33-22-16-36-24-17(3-1-5-19(24)27-22)14-30-8-2-4-18(15-30)25(34)29-20-13-23(31-9-11-35-12-10-31)32-21(28-20)6-7-26-32/h1,3,5-7,13,18H,2,4,8-12,14-16H2,(H,27,33)(H,28,29,34). The van der Waals surface area contributed by atoms with Crippen molar-refractivity contribution in [2.45, 2.75) is 19.4 Å². The smallest absolute Gasteiger partial charge is 0.262 e. The van der Waals surface area contributed by atoms with Gasteiger partial charge in [-0.1, -0.05) is 12.1 Å². The number of aromatic nitrogens is 3. The molecule has 1 unspecified atom stereocenters. The molecule has 0 saturated carbocycles. The number of fused-ring (bicyclic) bond motifs is 2. The van der Waals surface area contributed by atoms with Crippen molar-refractivity contribution in [2.24, 2.45) is 5.92 Å². The molecule has 3 aliphatic rings. The van der Waals surface area contributed by atoms with E-state index < -0.39 is 0 Å². The number of piperidine rings is 1. The van der Waals surface area contributed by atoms with Crippen molar-refractivity contribution < 1.29 is 19.1 Å². The van der Waals surface area contributed by atoms with E-state index >= 15 is 0 Å². The van der Waals surface area contributed by atoms with Gasteiger partial charge in [-0.3, -0.25) is 14.5 Å². The van der Waals surface area contributed by atoms with Crippen LogP contribution in [0.3, 0.4) is 0 Å². The van der Waals surface area contributed by atoms with E-state index in [2.05, 4.69) is 30.5 Å². The minimum absolute atomic E-state index is 0.0238. The Labute approximate surface area is 208 Å². The molecule has 11 nitrogen and oxygen atoms in total. The first-order valence-electron chi connectivity index (χ1n) is 12.4. The van der Waals surface area contributed by atoms with Crippen LogP contribution in [0.25, 0.3) is 5.65 Å². The van der Waals surface area contributed by atoms with Gasteiger partial charge in [-0.2, -0.15) is 9.61 Å². The van der Waals surface area contributed by atoms with Crippen LogP contribution >= 0.6 is 0 Å². The second-order valence-corrected chi connectivity index (χ2v) is 9.39. The molecule has 188 valence electrons. The second-order valence-electron chi connectivity index (χ2n) is 9.39. The first kappa shape index (κ1) is 22.7. The van der Waals surface area contributed by atoms with Crippen LogP contribution in [0, 0.1) is 5.92 Å². The van der Waals surface area contributed by atoms with E-state index in [0.717, 1.165) is 49.6 Å². The van der Waals surface area contributed by atoms with Gasteiger partial charge in [0.05, 0.1) is 31.0 Å². The first-order chi connectivity index (χ1) is 17.6. The van der Waals surface area contributed by atoms with Crippen LogP contribution in [0.4, 0.5) is 17.3 Å². The predicted octanol–water partition coefficient (Wildman–Crippen LogP) is 1.75. The van der Waals surface area contributed by atoms with Crippen LogP contribution in [-0.4, -0.2) is 77.3 Å². The Kier molecular flexibility index (Phi) is 6.16. The van der Waals surface area contributed by atoms with Gasteiger partial charge in [0.25, 0.3) is 5.91 Å². The molecule has 2 amide bonds. The van der Waals surface area contributed by atoms with Crippen LogP contribution in [0.5, 0.6) is 5.75 Å². The van der Waals surface area contributed by atoms with E-state index in [0.29, 0.717) is 43.5 Å². The molecule has 36 heavy (non-hydrogen) atoms. The molecule has 5 heterocycles. The molecule has 6 rings (SSSR count). The van der Waals surface area contributed by atoms with Gasteiger partial charge in [0, 0.05) is 43.9 Å². The summed E-state index contributed by atoms with van der Waals surface area (Å²) in [5, 5.41) is 10.3. The fourth-order valence-electron chi connectivity index (χ4n) is 5.16. The van der Waals surface area contributed by atoms with Crippen molar-refractivity contribution in [3.8, 4) is 5.75 Å². The largest absolute Gasteiger partial charge is 0.481 e. The SMILES string of the molecule is O=C1COc2c(CN3CCCC(C(=O)Nc4cc(N5CCOCC5)n5nccc5n4)C3)cccc2N1. The number of anilines is 3. The summed E-state index contributed by atoms with van der Waals surface area (Å²) in [5.74, 6) is 1.84. The van der Waals surface area contributed by atoms with Crippen molar-refractivity contribution in [1.82, 2.24) is 19.5 Å². The van der Waals surface area contributed by atoms with Crippen LogP contribution in [-0.2, 0) is 20.9 Å². The number of para-hydroxylation sites is 1. The summed E-state index contributed by atoms with van der Waals surface area (Å²) in [5.41, 5.74) is 2.41. The molecular weight excluding hydrogens is 462 g/mol. The Morgan fingerprint density at radius 2 is 2.08 bits per heavy atom. The van der Waals surface area contributed by atoms with Gasteiger partial charge in [0.2, 0.25) is 5.91 Å². The zero-order chi connectivity index (χ0) is 24.5. The highest BCUT2D eigenvalue weighted by Gasteiger charge is 2.28. The Morgan fingerprint density at radius 3 is 2.97 bits per heavy atom. The molecule has 2 fully saturated rings. The maximum atomic E-state index is 13.3. The zero-order valence-electron chi connectivity index (χ0n) is 20.0.